The predicted molar refractivity (Wildman–Crippen MR) is 110 cm³/mol. The van der Waals surface area contributed by atoms with Crippen molar-refractivity contribution >= 4 is 39.2 Å². The minimum atomic E-state index is 0.896. The largest absolute Gasteiger partial charge is 0.357 e. The van der Waals surface area contributed by atoms with E-state index in [1.54, 1.807) is 11.3 Å². The third kappa shape index (κ3) is 2.92. The molecule has 1 aromatic carbocycles. The van der Waals surface area contributed by atoms with Crippen LogP contribution in [-0.2, 0) is 0 Å². The van der Waals surface area contributed by atoms with Crippen LogP contribution in [0.1, 0.15) is 24.8 Å². The van der Waals surface area contributed by atoms with E-state index >= 15 is 0 Å². The van der Waals surface area contributed by atoms with Crippen molar-refractivity contribution in [2.24, 2.45) is 4.99 Å². The molecule has 0 bridgehead atoms. The average molecular weight is 360 g/mol. The fourth-order valence-electron chi connectivity index (χ4n) is 3.58. The Kier molecular flexibility index (Phi) is 4.02. The zero-order valence-corrected chi connectivity index (χ0v) is 15.4. The van der Waals surface area contributed by atoms with Gasteiger partial charge in [0, 0.05) is 37.6 Å². The number of nitrogens with zero attached hydrogens (tertiary/aromatic N) is 4. The highest BCUT2D eigenvalue weighted by Crippen LogP contribution is 2.32. The summed E-state index contributed by atoms with van der Waals surface area (Å²) in [5.74, 6) is 1.08. The van der Waals surface area contributed by atoms with Gasteiger partial charge in [0.2, 0.25) is 0 Å². The smallest absolute Gasteiger partial charge is 0.128 e. The summed E-state index contributed by atoms with van der Waals surface area (Å²) in [6, 6.07) is 10.8. The third-order valence-corrected chi connectivity index (χ3v) is 6.08. The van der Waals surface area contributed by atoms with Gasteiger partial charge in [-0.1, -0.05) is 12.1 Å². The van der Waals surface area contributed by atoms with E-state index in [2.05, 4.69) is 51.3 Å². The normalized spacial score (nSPS) is 17.1. The van der Waals surface area contributed by atoms with Crippen molar-refractivity contribution < 1.29 is 0 Å². The van der Waals surface area contributed by atoms with Gasteiger partial charge in [-0.2, -0.15) is 0 Å². The van der Waals surface area contributed by atoms with Crippen LogP contribution in [0.25, 0.3) is 26.4 Å². The molecule has 0 radical (unpaired) electrons. The molecule has 0 atom stereocenters. The number of hydrogen-bond donors (Lipinski definition) is 0. The Bertz CT molecular complexity index is 995. The zero-order chi connectivity index (χ0) is 17.3. The number of aromatic nitrogens is 2. The number of anilines is 1. The number of fused-ring (bicyclic) bond motifs is 1. The van der Waals surface area contributed by atoms with Crippen LogP contribution in [0, 0.1) is 0 Å². The van der Waals surface area contributed by atoms with E-state index < -0.39 is 0 Å². The minimum absolute atomic E-state index is 0.896. The molecule has 2 aliphatic heterocycles. The highest BCUT2D eigenvalue weighted by molar-refractivity contribution is 7.21. The van der Waals surface area contributed by atoms with E-state index in [4.69, 9.17) is 4.98 Å². The maximum absolute atomic E-state index is 4.86. The maximum atomic E-state index is 4.86. The van der Waals surface area contributed by atoms with Crippen LogP contribution in [0.3, 0.4) is 0 Å². The van der Waals surface area contributed by atoms with E-state index in [-0.39, 0.29) is 0 Å². The summed E-state index contributed by atoms with van der Waals surface area (Å²) in [4.78, 5) is 16.3. The minimum Gasteiger partial charge on any atom is -0.357 e. The lowest BCUT2D eigenvalue weighted by Crippen LogP contribution is -2.18. The standard InChI is InChI=1S/C21H20N4S/c1-2-11-25(10-1)20-8-6-17(14-23-20)21-24-18-12-15(5-7-19(18)26-21)16-4-3-9-22-13-16/h4-8,12-14H,1-3,9-11H2. The van der Waals surface area contributed by atoms with Crippen molar-refractivity contribution in [2.75, 3.05) is 24.5 Å². The summed E-state index contributed by atoms with van der Waals surface area (Å²) in [5.41, 5.74) is 4.53. The summed E-state index contributed by atoms with van der Waals surface area (Å²) in [5, 5.41) is 1.03. The van der Waals surface area contributed by atoms with Crippen molar-refractivity contribution in [3.63, 3.8) is 0 Å². The van der Waals surface area contributed by atoms with Gasteiger partial charge < -0.3 is 4.90 Å². The van der Waals surface area contributed by atoms with Crippen LogP contribution >= 0.6 is 11.3 Å². The Balaban J connectivity index is 1.45. The number of pyridine rings is 1. The van der Waals surface area contributed by atoms with Gasteiger partial charge in [0.05, 0.1) is 10.2 Å². The molecule has 26 heavy (non-hydrogen) atoms. The molecule has 2 aromatic heterocycles. The van der Waals surface area contributed by atoms with Gasteiger partial charge in [0.1, 0.15) is 10.8 Å². The monoisotopic (exact) mass is 360 g/mol. The molecular weight excluding hydrogens is 340 g/mol. The molecule has 0 aliphatic carbocycles. The quantitative estimate of drug-likeness (QED) is 0.673. The second-order valence-corrected chi connectivity index (χ2v) is 7.81. The Labute approximate surface area is 156 Å². The van der Waals surface area contributed by atoms with E-state index in [9.17, 15) is 0 Å². The number of thiazole rings is 1. The summed E-state index contributed by atoms with van der Waals surface area (Å²) in [6.45, 7) is 3.14. The molecule has 0 spiro atoms. The lowest BCUT2D eigenvalue weighted by atomic mass is 10.0. The number of dihydropyridines is 1. The van der Waals surface area contributed by atoms with Crippen LogP contribution in [0.4, 0.5) is 5.82 Å². The molecule has 0 amide bonds. The lowest BCUT2D eigenvalue weighted by molar-refractivity contribution is 0.938. The Morgan fingerprint density at radius 2 is 1.88 bits per heavy atom. The second-order valence-electron chi connectivity index (χ2n) is 6.78. The molecule has 3 aromatic rings. The Hall–Kier alpha value is -2.53. The summed E-state index contributed by atoms with van der Waals surface area (Å²) >= 11 is 1.73. The highest BCUT2D eigenvalue weighted by Gasteiger charge is 2.14. The average Bonchev–Trinajstić information content (AvgIpc) is 3.38. The molecule has 4 heterocycles. The number of aliphatic imine (C=N–C) groups is 1. The first-order valence-electron chi connectivity index (χ1n) is 9.19. The van der Waals surface area contributed by atoms with Crippen molar-refractivity contribution in [1.82, 2.24) is 9.97 Å². The van der Waals surface area contributed by atoms with Crippen LogP contribution in [0.15, 0.2) is 47.6 Å². The van der Waals surface area contributed by atoms with E-state index in [1.807, 2.05) is 12.4 Å². The number of allylic oxidation sites excluding steroid dienone is 1. The highest BCUT2D eigenvalue weighted by atomic mass is 32.1. The molecule has 0 N–H and O–H groups in total. The maximum Gasteiger partial charge on any atom is 0.128 e. The van der Waals surface area contributed by atoms with Gasteiger partial charge in [-0.3, -0.25) is 4.99 Å². The van der Waals surface area contributed by atoms with E-state index in [0.29, 0.717) is 0 Å². The Morgan fingerprint density at radius 3 is 2.65 bits per heavy atom. The topological polar surface area (TPSA) is 41.4 Å². The fraction of sp³-hybridized carbons (Fsp3) is 0.286. The lowest BCUT2D eigenvalue weighted by Gasteiger charge is -2.15. The van der Waals surface area contributed by atoms with Crippen LogP contribution in [0.2, 0.25) is 0 Å². The first kappa shape index (κ1) is 15.7. The zero-order valence-electron chi connectivity index (χ0n) is 14.6. The van der Waals surface area contributed by atoms with Gasteiger partial charge in [-0.25, -0.2) is 9.97 Å². The number of rotatable bonds is 3. The molecular formula is C21H20N4S. The van der Waals surface area contributed by atoms with Crippen LogP contribution < -0.4 is 4.90 Å². The van der Waals surface area contributed by atoms with Crippen LogP contribution in [-0.4, -0.2) is 35.8 Å². The molecule has 0 saturated carbocycles. The van der Waals surface area contributed by atoms with Gasteiger partial charge in [0.25, 0.3) is 0 Å². The molecule has 2 aliphatic rings. The molecule has 1 fully saturated rings. The fourth-order valence-corrected chi connectivity index (χ4v) is 4.52. The third-order valence-electron chi connectivity index (χ3n) is 5.00. The van der Waals surface area contributed by atoms with Crippen LogP contribution in [0.5, 0.6) is 0 Å². The number of benzene rings is 1. The van der Waals surface area contributed by atoms with E-state index in [1.165, 1.54) is 28.7 Å². The number of hydrogen-bond acceptors (Lipinski definition) is 5. The molecule has 4 nitrogen and oxygen atoms in total. The first-order valence-corrected chi connectivity index (χ1v) is 10.0. The first-order chi connectivity index (χ1) is 12.9. The molecule has 5 heteroatoms. The van der Waals surface area contributed by atoms with Crippen molar-refractivity contribution in [3.05, 3.63) is 48.2 Å². The van der Waals surface area contributed by atoms with Crippen molar-refractivity contribution in [2.45, 2.75) is 19.3 Å². The van der Waals surface area contributed by atoms with Crippen molar-refractivity contribution in [3.8, 4) is 10.6 Å². The second kappa shape index (κ2) is 6.65. The van der Waals surface area contributed by atoms with Gasteiger partial charge in [0.15, 0.2) is 0 Å². The Morgan fingerprint density at radius 1 is 1.00 bits per heavy atom. The predicted octanol–water partition coefficient (Wildman–Crippen LogP) is 4.82. The molecule has 5 rings (SSSR count). The SMILES string of the molecule is C1=NCCC=C1c1ccc2sc(-c3ccc(N4CCCC4)nc3)nc2c1. The van der Waals surface area contributed by atoms with Crippen molar-refractivity contribution in [1.29, 1.82) is 0 Å². The molecule has 0 unspecified atom stereocenters. The summed E-state index contributed by atoms with van der Waals surface area (Å²) in [6.07, 6.45) is 9.74. The van der Waals surface area contributed by atoms with Gasteiger partial charge >= 0.3 is 0 Å². The molecule has 1 saturated heterocycles. The summed E-state index contributed by atoms with van der Waals surface area (Å²) in [7, 11) is 0. The molecule has 130 valence electrons. The van der Waals surface area contributed by atoms with Gasteiger partial charge in [-0.05, 0) is 54.7 Å². The summed E-state index contributed by atoms with van der Waals surface area (Å²) < 4.78 is 1.21. The van der Waals surface area contributed by atoms with E-state index in [0.717, 1.165) is 48.0 Å². The van der Waals surface area contributed by atoms with Gasteiger partial charge in [-0.15, -0.1) is 11.3 Å².